The molecule has 0 aliphatic rings. The van der Waals surface area contributed by atoms with Crippen LogP contribution in [0.4, 0.5) is 4.39 Å². The first-order valence-corrected chi connectivity index (χ1v) is 10.0. The second-order valence-electron chi connectivity index (χ2n) is 7.27. The molecular weight excluding hydrogens is 353 g/mol. The Labute approximate surface area is 165 Å². The van der Waals surface area contributed by atoms with E-state index in [1.54, 1.807) is 12.3 Å². The molecule has 148 valence electrons. The number of nitrogens with one attached hydrogen (secondary N) is 1. The van der Waals surface area contributed by atoms with Crippen LogP contribution in [0.15, 0.2) is 48.7 Å². The van der Waals surface area contributed by atoms with Crippen LogP contribution in [0.2, 0.25) is 0 Å². The van der Waals surface area contributed by atoms with Crippen molar-refractivity contribution in [1.29, 1.82) is 0 Å². The number of halogens is 1. The van der Waals surface area contributed by atoms with Crippen LogP contribution in [-0.4, -0.2) is 21.8 Å². The Morgan fingerprint density at radius 2 is 2.00 bits per heavy atom. The van der Waals surface area contributed by atoms with Gasteiger partial charge in [-0.2, -0.15) is 0 Å². The molecule has 1 unspecified atom stereocenters. The summed E-state index contributed by atoms with van der Waals surface area (Å²) >= 11 is 0. The van der Waals surface area contributed by atoms with Crippen molar-refractivity contribution < 1.29 is 9.18 Å². The molecule has 0 saturated carbocycles. The van der Waals surface area contributed by atoms with Crippen molar-refractivity contribution in [3.8, 4) is 0 Å². The molecule has 0 saturated heterocycles. The molecule has 0 aliphatic carbocycles. The van der Waals surface area contributed by atoms with E-state index in [0.717, 1.165) is 35.4 Å². The Hall–Kier alpha value is -2.69. The average Bonchev–Trinajstić information content (AvgIpc) is 3.11. The molecular formula is C23H28FN3O. The fourth-order valence-electron chi connectivity index (χ4n) is 3.63. The predicted octanol–water partition coefficient (Wildman–Crippen LogP) is 5.00. The molecule has 0 radical (unpaired) electrons. The number of amides is 1. The lowest BCUT2D eigenvalue weighted by Crippen LogP contribution is -2.26. The minimum absolute atomic E-state index is 0.0192. The maximum Gasteiger partial charge on any atom is 0.221 e. The third kappa shape index (κ3) is 4.77. The lowest BCUT2D eigenvalue weighted by Gasteiger charge is -2.18. The number of unbranched alkanes of at least 4 members (excludes halogenated alkanes) is 3. The molecule has 3 aromatic rings. The Kier molecular flexibility index (Phi) is 6.80. The highest BCUT2D eigenvalue weighted by molar-refractivity contribution is 5.77. The van der Waals surface area contributed by atoms with Crippen LogP contribution in [0.25, 0.3) is 5.65 Å². The highest BCUT2D eigenvalue weighted by atomic mass is 19.1. The molecule has 3 rings (SSSR count). The number of pyridine rings is 1. The van der Waals surface area contributed by atoms with E-state index in [0.29, 0.717) is 6.54 Å². The van der Waals surface area contributed by atoms with Crippen molar-refractivity contribution in [1.82, 2.24) is 14.7 Å². The Morgan fingerprint density at radius 1 is 1.18 bits per heavy atom. The molecule has 1 atom stereocenters. The highest BCUT2D eigenvalue weighted by Gasteiger charge is 2.22. The van der Waals surface area contributed by atoms with E-state index in [1.807, 2.05) is 35.6 Å². The minimum Gasteiger partial charge on any atom is -0.356 e. The standard InChI is InChI=1S/C23H28FN3O/c1-3-4-5-6-13-25-23(28)15-20(18-10-8-11-19(24)14-18)21-16-26-22-12-7-9-17(2)27(21)22/h7-12,14,16,20H,3-6,13,15H2,1-2H3,(H,25,28). The number of nitrogens with zero attached hydrogens (tertiary/aromatic N) is 2. The topological polar surface area (TPSA) is 46.4 Å². The number of aromatic nitrogens is 2. The molecule has 2 heterocycles. The number of rotatable bonds is 9. The number of carbonyl (C=O) groups excluding carboxylic acids is 1. The summed E-state index contributed by atoms with van der Waals surface area (Å²) in [4.78, 5) is 17.1. The van der Waals surface area contributed by atoms with Crippen molar-refractivity contribution in [2.45, 2.75) is 51.9 Å². The normalized spacial score (nSPS) is 12.2. The van der Waals surface area contributed by atoms with Gasteiger partial charge in [0.1, 0.15) is 11.5 Å². The van der Waals surface area contributed by atoms with Crippen molar-refractivity contribution in [2.75, 3.05) is 6.54 Å². The van der Waals surface area contributed by atoms with Gasteiger partial charge in [0.25, 0.3) is 0 Å². The second-order valence-corrected chi connectivity index (χ2v) is 7.27. The lowest BCUT2D eigenvalue weighted by molar-refractivity contribution is -0.121. The second kappa shape index (κ2) is 9.49. The number of hydrogen-bond acceptors (Lipinski definition) is 2. The number of carbonyl (C=O) groups is 1. The maximum atomic E-state index is 13.9. The molecule has 4 nitrogen and oxygen atoms in total. The van der Waals surface area contributed by atoms with Gasteiger partial charge in [-0.25, -0.2) is 9.37 Å². The molecule has 0 spiro atoms. The smallest absolute Gasteiger partial charge is 0.221 e. The maximum absolute atomic E-state index is 13.9. The molecule has 0 bridgehead atoms. The van der Waals surface area contributed by atoms with Crippen LogP contribution >= 0.6 is 0 Å². The Morgan fingerprint density at radius 3 is 2.79 bits per heavy atom. The summed E-state index contributed by atoms with van der Waals surface area (Å²) in [5.74, 6) is -0.579. The molecule has 0 fully saturated rings. The summed E-state index contributed by atoms with van der Waals surface area (Å²) in [6.07, 6.45) is 6.52. The van der Waals surface area contributed by atoms with Gasteiger partial charge in [-0.05, 0) is 43.2 Å². The van der Waals surface area contributed by atoms with Crippen LogP contribution < -0.4 is 5.32 Å². The van der Waals surface area contributed by atoms with E-state index in [2.05, 4.69) is 17.2 Å². The third-order valence-electron chi connectivity index (χ3n) is 5.10. The van der Waals surface area contributed by atoms with Crippen molar-refractivity contribution in [3.63, 3.8) is 0 Å². The largest absolute Gasteiger partial charge is 0.356 e. The first-order chi connectivity index (χ1) is 13.6. The van der Waals surface area contributed by atoms with Crippen molar-refractivity contribution in [3.05, 3.63) is 71.4 Å². The van der Waals surface area contributed by atoms with Gasteiger partial charge < -0.3 is 9.72 Å². The molecule has 2 aromatic heterocycles. The number of benzene rings is 1. The SMILES string of the molecule is CCCCCCNC(=O)CC(c1cccc(F)c1)c1cnc2cccc(C)n12. The molecule has 1 amide bonds. The van der Waals surface area contributed by atoms with Crippen LogP contribution in [0.3, 0.4) is 0 Å². The van der Waals surface area contributed by atoms with Crippen molar-refractivity contribution in [2.24, 2.45) is 0 Å². The first kappa shape index (κ1) is 20.1. The summed E-state index contributed by atoms with van der Waals surface area (Å²) in [7, 11) is 0. The van der Waals surface area contributed by atoms with Crippen LogP contribution in [-0.2, 0) is 4.79 Å². The predicted molar refractivity (Wildman–Crippen MR) is 110 cm³/mol. The summed E-state index contributed by atoms with van der Waals surface area (Å²) in [5.41, 5.74) is 3.55. The van der Waals surface area contributed by atoms with Gasteiger partial charge in [-0.3, -0.25) is 4.79 Å². The van der Waals surface area contributed by atoms with Gasteiger partial charge in [0, 0.05) is 30.8 Å². The Balaban J connectivity index is 1.85. The quantitative estimate of drug-likeness (QED) is 0.530. The molecule has 5 heteroatoms. The van der Waals surface area contributed by atoms with E-state index in [4.69, 9.17) is 0 Å². The average molecular weight is 381 g/mol. The van der Waals surface area contributed by atoms with Crippen LogP contribution in [0.1, 0.15) is 61.9 Å². The number of imidazole rings is 1. The fraction of sp³-hybridized carbons (Fsp3) is 0.391. The number of fused-ring (bicyclic) bond motifs is 1. The molecule has 0 aliphatic heterocycles. The summed E-state index contributed by atoms with van der Waals surface area (Å²) in [5, 5.41) is 3.02. The van der Waals surface area contributed by atoms with Gasteiger partial charge in [-0.1, -0.05) is 44.4 Å². The Bertz CT molecular complexity index is 934. The fourth-order valence-corrected chi connectivity index (χ4v) is 3.63. The van der Waals surface area contributed by atoms with Crippen molar-refractivity contribution >= 4 is 11.6 Å². The lowest BCUT2D eigenvalue weighted by atomic mass is 9.92. The zero-order valence-corrected chi connectivity index (χ0v) is 16.6. The summed E-state index contributed by atoms with van der Waals surface area (Å²) < 4.78 is 15.9. The summed E-state index contributed by atoms with van der Waals surface area (Å²) in [6.45, 7) is 4.86. The van der Waals surface area contributed by atoms with E-state index in [9.17, 15) is 9.18 Å². The number of aryl methyl sites for hydroxylation is 1. The van der Waals surface area contributed by atoms with E-state index in [1.165, 1.54) is 25.0 Å². The van der Waals surface area contributed by atoms with Gasteiger partial charge in [0.2, 0.25) is 5.91 Å². The van der Waals surface area contributed by atoms with Crippen LogP contribution in [0, 0.1) is 12.7 Å². The van der Waals surface area contributed by atoms with Gasteiger partial charge in [0.15, 0.2) is 0 Å². The van der Waals surface area contributed by atoms with Gasteiger partial charge >= 0.3 is 0 Å². The zero-order chi connectivity index (χ0) is 19.9. The molecule has 1 N–H and O–H groups in total. The zero-order valence-electron chi connectivity index (χ0n) is 16.6. The molecule has 28 heavy (non-hydrogen) atoms. The number of hydrogen-bond donors (Lipinski definition) is 1. The molecule has 1 aromatic carbocycles. The minimum atomic E-state index is -0.298. The highest BCUT2D eigenvalue weighted by Crippen LogP contribution is 2.30. The van der Waals surface area contributed by atoms with E-state index >= 15 is 0 Å². The van der Waals surface area contributed by atoms with E-state index < -0.39 is 0 Å². The van der Waals surface area contributed by atoms with Gasteiger partial charge in [-0.15, -0.1) is 0 Å². The third-order valence-corrected chi connectivity index (χ3v) is 5.10. The summed E-state index contributed by atoms with van der Waals surface area (Å²) in [6, 6.07) is 12.4. The first-order valence-electron chi connectivity index (χ1n) is 10.0. The van der Waals surface area contributed by atoms with Gasteiger partial charge in [0.05, 0.1) is 5.69 Å². The monoisotopic (exact) mass is 381 g/mol. The van der Waals surface area contributed by atoms with E-state index in [-0.39, 0.29) is 24.1 Å². The van der Waals surface area contributed by atoms with Crippen LogP contribution in [0.5, 0.6) is 0 Å².